The molecule has 0 saturated heterocycles. The van der Waals surface area contributed by atoms with Crippen LogP contribution in [0.15, 0.2) is 6.07 Å². The Morgan fingerprint density at radius 3 is 2.46 bits per heavy atom. The Hall–Kier alpha value is -1.42. The van der Waals surface area contributed by atoms with Crippen LogP contribution >= 0.6 is 0 Å². The molecule has 0 aliphatic heterocycles. The predicted octanol–water partition coefficient (Wildman–Crippen LogP) is 2.37. The van der Waals surface area contributed by atoms with Gasteiger partial charge in [0, 0.05) is 12.1 Å². The smallest absolute Gasteiger partial charge is 0.0376 e. The van der Waals surface area contributed by atoms with Gasteiger partial charge in [-0.15, -0.1) is 12.3 Å². The van der Waals surface area contributed by atoms with E-state index in [1.807, 2.05) is 13.8 Å². The summed E-state index contributed by atoms with van der Waals surface area (Å²) >= 11 is 0. The maximum atomic E-state index is 5.91. The molecule has 1 nitrogen and oxygen atoms in total. The number of anilines is 1. The SMILES string of the molecule is C#CCc1c(C)cc(C)c(N)c1C. The van der Waals surface area contributed by atoms with Crippen molar-refractivity contribution in [2.24, 2.45) is 0 Å². The highest BCUT2D eigenvalue weighted by Crippen LogP contribution is 2.24. The van der Waals surface area contributed by atoms with Gasteiger partial charge in [0.2, 0.25) is 0 Å². The Kier molecular flexibility index (Phi) is 2.63. The number of aryl methyl sites for hydroxylation is 2. The predicted molar refractivity (Wildman–Crippen MR) is 57.6 cm³/mol. The maximum Gasteiger partial charge on any atom is 0.0376 e. The Morgan fingerprint density at radius 1 is 1.31 bits per heavy atom. The highest BCUT2D eigenvalue weighted by molar-refractivity contribution is 5.59. The number of terminal acetylenes is 1. The molecule has 1 rings (SSSR count). The van der Waals surface area contributed by atoms with Gasteiger partial charge < -0.3 is 5.73 Å². The second kappa shape index (κ2) is 3.53. The first-order valence-electron chi connectivity index (χ1n) is 4.36. The van der Waals surface area contributed by atoms with Crippen LogP contribution in [0.25, 0.3) is 0 Å². The van der Waals surface area contributed by atoms with E-state index in [0.717, 1.165) is 16.8 Å². The molecule has 0 amide bonds. The highest BCUT2D eigenvalue weighted by Gasteiger charge is 2.06. The zero-order valence-electron chi connectivity index (χ0n) is 8.44. The first-order chi connectivity index (χ1) is 6.07. The lowest BCUT2D eigenvalue weighted by atomic mass is 9.96. The van der Waals surface area contributed by atoms with Gasteiger partial charge in [-0.3, -0.25) is 0 Å². The van der Waals surface area contributed by atoms with Crippen molar-refractivity contribution in [3.05, 3.63) is 28.3 Å². The fourth-order valence-corrected chi connectivity index (χ4v) is 1.62. The Morgan fingerprint density at radius 2 is 1.92 bits per heavy atom. The standard InChI is InChI=1S/C12H15N/c1-5-6-11-8(2)7-9(3)12(13)10(11)4/h1,7H,6,13H2,2-4H3. The van der Waals surface area contributed by atoms with E-state index in [1.54, 1.807) is 0 Å². The minimum absolute atomic E-state index is 0.669. The minimum Gasteiger partial charge on any atom is -0.398 e. The summed E-state index contributed by atoms with van der Waals surface area (Å²) in [6.07, 6.45) is 5.96. The third kappa shape index (κ3) is 1.67. The van der Waals surface area contributed by atoms with Crippen molar-refractivity contribution < 1.29 is 0 Å². The third-order valence-corrected chi connectivity index (χ3v) is 2.47. The number of hydrogen-bond donors (Lipinski definition) is 1. The van der Waals surface area contributed by atoms with Crippen LogP contribution in [-0.2, 0) is 6.42 Å². The monoisotopic (exact) mass is 173 g/mol. The number of nitrogen functional groups attached to an aromatic ring is 1. The lowest BCUT2D eigenvalue weighted by molar-refractivity contribution is 1.18. The second-order valence-corrected chi connectivity index (χ2v) is 3.41. The number of nitrogens with two attached hydrogens (primary N) is 1. The number of hydrogen-bond acceptors (Lipinski definition) is 1. The lowest BCUT2D eigenvalue weighted by Crippen LogP contribution is -2.00. The van der Waals surface area contributed by atoms with Crippen LogP contribution < -0.4 is 5.73 Å². The minimum atomic E-state index is 0.669. The molecule has 0 heterocycles. The lowest BCUT2D eigenvalue weighted by Gasteiger charge is -2.12. The molecule has 68 valence electrons. The maximum absolute atomic E-state index is 5.91. The highest BCUT2D eigenvalue weighted by atomic mass is 14.6. The van der Waals surface area contributed by atoms with E-state index in [9.17, 15) is 0 Å². The molecule has 0 spiro atoms. The average molecular weight is 173 g/mol. The summed E-state index contributed by atoms with van der Waals surface area (Å²) in [7, 11) is 0. The molecule has 0 bridgehead atoms. The molecule has 0 radical (unpaired) electrons. The molecule has 0 aliphatic rings. The van der Waals surface area contributed by atoms with Crippen LogP contribution in [0.1, 0.15) is 22.3 Å². The Balaban J connectivity index is 3.36. The van der Waals surface area contributed by atoms with Crippen LogP contribution in [-0.4, -0.2) is 0 Å². The molecule has 0 fully saturated rings. The van der Waals surface area contributed by atoms with Crippen LogP contribution in [0.4, 0.5) is 5.69 Å². The van der Waals surface area contributed by atoms with Crippen LogP contribution in [0.2, 0.25) is 0 Å². The van der Waals surface area contributed by atoms with Crippen molar-refractivity contribution in [1.82, 2.24) is 0 Å². The molecule has 1 aromatic carbocycles. The molecule has 1 aromatic rings. The largest absolute Gasteiger partial charge is 0.398 e. The first kappa shape index (κ1) is 9.67. The van der Waals surface area contributed by atoms with Gasteiger partial charge in [-0.25, -0.2) is 0 Å². The third-order valence-electron chi connectivity index (χ3n) is 2.47. The van der Waals surface area contributed by atoms with Gasteiger partial charge in [0.25, 0.3) is 0 Å². The molecule has 13 heavy (non-hydrogen) atoms. The summed E-state index contributed by atoms with van der Waals surface area (Å²) in [5.41, 5.74) is 11.5. The van der Waals surface area contributed by atoms with Gasteiger partial charge in [0.05, 0.1) is 0 Å². The molecule has 0 aliphatic carbocycles. The van der Waals surface area contributed by atoms with Crippen LogP contribution in [0.5, 0.6) is 0 Å². The van der Waals surface area contributed by atoms with Gasteiger partial charge >= 0.3 is 0 Å². The Labute approximate surface area is 80.0 Å². The summed E-state index contributed by atoms with van der Waals surface area (Å²) in [5.74, 6) is 2.66. The summed E-state index contributed by atoms with van der Waals surface area (Å²) in [5, 5.41) is 0. The topological polar surface area (TPSA) is 26.0 Å². The molecule has 0 atom stereocenters. The molecule has 0 aromatic heterocycles. The van der Waals surface area contributed by atoms with E-state index in [2.05, 4.69) is 18.9 Å². The van der Waals surface area contributed by atoms with Gasteiger partial charge in [-0.05, 0) is 43.0 Å². The fraction of sp³-hybridized carbons (Fsp3) is 0.333. The summed E-state index contributed by atoms with van der Waals surface area (Å²) in [6.45, 7) is 6.13. The first-order valence-corrected chi connectivity index (χ1v) is 4.36. The van der Waals surface area contributed by atoms with E-state index >= 15 is 0 Å². The molecular formula is C12H15N. The molecule has 2 N–H and O–H groups in total. The van der Waals surface area contributed by atoms with Gasteiger partial charge in [-0.1, -0.05) is 6.07 Å². The van der Waals surface area contributed by atoms with Crippen molar-refractivity contribution in [3.8, 4) is 12.3 Å². The van der Waals surface area contributed by atoms with E-state index in [1.165, 1.54) is 11.1 Å². The van der Waals surface area contributed by atoms with E-state index in [4.69, 9.17) is 12.2 Å². The molecular weight excluding hydrogens is 158 g/mol. The zero-order chi connectivity index (χ0) is 10.0. The van der Waals surface area contributed by atoms with E-state index in [-0.39, 0.29) is 0 Å². The summed E-state index contributed by atoms with van der Waals surface area (Å²) in [4.78, 5) is 0. The zero-order valence-corrected chi connectivity index (χ0v) is 8.44. The summed E-state index contributed by atoms with van der Waals surface area (Å²) in [6, 6.07) is 2.09. The quantitative estimate of drug-likeness (QED) is 0.512. The fourth-order valence-electron chi connectivity index (χ4n) is 1.62. The van der Waals surface area contributed by atoms with E-state index < -0.39 is 0 Å². The second-order valence-electron chi connectivity index (χ2n) is 3.41. The Bertz CT molecular complexity index is 370. The molecule has 1 heteroatoms. The van der Waals surface area contributed by atoms with Crippen LogP contribution in [0.3, 0.4) is 0 Å². The normalized spacial score (nSPS) is 9.69. The number of rotatable bonds is 1. The molecule has 0 unspecified atom stereocenters. The van der Waals surface area contributed by atoms with Crippen molar-refractivity contribution in [2.45, 2.75) is 27.2 Å². The van der Waals surface area contributed by atoms with Crippen molar-refractivity contribution in [1.29, 1.82) is 0 Å². The van der Waals surface area contributed by atoms with Crippen LogP contribution in [0, 0.1) is 33.1 Å². The molecule has 0 saturated carbocycles. The van der Waals surface area contributed by atoms with E-state index in [0.29, 0.717) is 6.42 Å². The van der Waals surface area contributed by atoms with Crippen molar-refractivity contribution in [2.75, 3.05) is 5.73 Å². The van der Waals surface area contributed by atoms with Crippen molar-refractivity contribution in [3.63, 3.8) is 0 Å². The average Bonchev–Trinajstić information content (AvgIpc) is 2.09. The summed E-state index contributed by atoms with van der Waals surface area (Å²) < 4.78 is 0. The van der Waals surface area contributed by atoms with Gasteiger partial charge in [0.15, 0.2) is 0 Å². The number of benzene rings is 1. The van der Waals surface area contributed by atoms with Crippen molar-refractivity contribution >= 4 is 5.69 Å². The van der Waals surface area contributed by atoms with Gasteiger partial charge in [-0.2, -0.15) is 0 Å². The van der Waals surface area contributed by atoms with Gasteiger partial charge in [0.1, 0.15) is 0 Å².